The summed E-state index contributed by atoms with van der Waals surface area (Å²) in [5.41, 5.74) is 4.08. The molecule has 1 saturated heterocycles. The van der Waals surface area contributed by atoms with Gasteiger partial charge in [-0.15, -0.1) is 0 Å². The minimum absolute atomic E-state index is 0.413. The Morgan fingerprint density at radius 2 is 1.70 bits per heavy atom. The number of ether oxygens (including phenoxy) is 1. The molecule has 1 aliphatic heterocycles. The lowest BCUT2D eigenvalue weighted by Gasteiger charge is -2.16. The van der Waals surface area contributed by atoms with Crippen LogP contribution in [0.3, 0.4) is 0 Å². The molecule has 1 fully saturated rings. The lowest BCUT2D eigenvalue weighted by molar-refractivity contribution is 0.185. The molecule has 2 aromatic carbocycles. The molecule has 0 bridgehead atoms. The van der Waals surface area contributed by atoms with Gasteiger partial charge in [0.05, 0.1) is 6.61 Å². The molecule has 0 saturated carbocycles. The van der Waals surface area contributed by atoms with Gasteiger partial charge in [0.25, 0.3) is 0 Å². The fraction of sp³-hybridized carbons (Fsp3) is 0.333. The molecule has 2 heteroatoms. The van der Waals surface area contributed by atoms with E-state index in [4.69, 9.17) is 4.74 Å². The number of benzene rings is 2. The zero-order chi connectivity index (χ0) is 13.8. The maximum Gasteiger partial charge on any atom is 0.0509 e. The van der Waals surface area contributed by atoms with Crippen LogP contribution in [0.1, 0.15) is 27.9 Å². The van der Waals surface area contributed by atoms with Crippen molar-refractivity contribution in [2.24, 2.45) is 5.92 Å². The molecular weight excluding hydrogens is 312 g/mol. The number of rotatable bonds is 4. The van der Waals surface area contributed by atoms with Crippen LogP contribution in [-0.4, -0.2) is 13.2 Å². The van der Waals surface area contributed by atoms with Gasteiger partial charge < -0.3 is 4.74 Å². The maximum atomic E-state index is 5.47. The van der Waals surface area contributed by atoms with Crippen LogP contribution in [0.2, 0.25) is 0 Å². The monoisotopic (exact) mass is 330 g/mol. The SMILES string of the molecule is BrC(c1ccc(Cc2ccccc2)cc1)C1CCOC1. The molecule has 3 rings (SSSR count). The summed E-state index contributed by atoms with van der Waals surface area (Å²) >= 11 is 3.82. The van der Waals surface area contributed by atoms with Gasteiger partial charge in [-0.1, -0.05) is 70.5 Å². The van der Waals surface area contributed by atoms with E-state index in [-0.39, 0.29) is 0 Å². The van der Waals surface area contributed by atoms with Crippen molar-refractivity contribution in [2.75, 3.05) is 13.2 Å². The first-order chi connectivity index (χ1) is 9.83. The van der Waals surface area contributed by atoms with Crippen molar-refractivity contribution in [2.45, 2.75) is 17.7 Å². The second-order valence-corrected chi connectivity index (χ2v) is 6.42. The van der Waals surface area contributed by atoms with Crippen LogP contribution in [0.4, 0.5) is 0 Å². The Morgan fingerprint density at radius 1 is 1.00 bits per heavy atom. The molecule has 1 heterocycles. The average Bonchev–Trinajstić information content (AvgIpc) is 3.03. The summed E-state index contributed by atoms with van der Waals surface area (Å²) in [6.07, 6.45) is 2.16. The van der Waals surface area contributed by atoms with E-state index in [1.54, 1.807) is 0 Å². The highest BCUT2D eigenvalue weighted by Gasteiger charge is 2.24. The summed E-state index contributed by atoms with van der Waals surface area (Å²) in [7, 11) is 0. The summed E-state index contributed by atoms with van der Waals surface area (Å²) in [5.74, 6) is 0.606. The third-order valence-corrected chi connectivity index (χ3v) is 5.20. The van der Waals surface area contributed by atoms with Crippen LogP contribution in [0.25, 0.3) is 0 Å². The minimum Gasteiger partial charge on any atom is -0.381 e. The Balaban J connectivity index is 1.68. The first kappa shape index (κ1) is 13.8. The van der Waals surface area contributed by atoms with Crippen molar-refractivity contribution in [1.82, 2.24) is 0 Å². The predicted octanol–water partition coefficient (Wildman–Crippen LogP) is 4.75. The number of alkyl halides is 1. The quantitative estimate of drug-likeness (QED) is 0.735. The van der Waals surface area contributed by atoms with E-state index in [1.807, 2.05) is 0 Å². The van der Waals surface area contributed by atoms with E-state index < -0.39 is 0 Å². The molecule has 20 heavy (non-hydrogen) atoms. The highest BCUT2D eigenvalue weighted by Crippen LogP contribution is 2.35. The second kappa shape index (κ2) is 6.55. The summed E-state index contributed by atoms with van der Waals surface area (Å²) in [5, 5.41) is 0. The van der Waals surface area contributed by atoms with Gasteiger partial charge >= 0.3 is 0 Å². The molecule has 0 N–H and O–H groups in total. The van der Waals surface area contributed by atoms with Gasteiger partial charge in [0, 0.05) is 17.4 Å². The van der Waals surface area contributed by atoms with E-state index >= 15 is 0 Å². The molecular formula is C18H19BrO. The lowest BCUT2D eigenvalue weighted by Crippen LogP contribution is -2.07. The lowest BCUT2D eigenvalue weighted by atomic mass is 9.96. The van der Waals surface area contributed by atoms with Crippen molar-refractivity contribution < 1.29 is 4.74 Å². The van der Waals surface area contributed by atoms with Gasteiger partial charge in [-0.05, 0) is 29.5 Å². The first-order valence-electron chi connectivity index (χ1n) is 7.17. The van der Waals surface area contributed by atoms with Crippen LogP contribution in [-0.2, 0) is 11.2 Å². The Morgan fingerprint density at radius 3 is 2.35 bits per heavy atom. The van der Waals surface area contributed by atoms with Crippen LogP contribution >= 0.6 is 15.9 Å². The van der Waals surface area contributed by atoms with E-state index in [0.717, 1.165) is 26.1 Å². The van der Waals surface area contributed by atoms with Gasteiger partial charge in [-0.3, -0.25) is 0 Å². The van der Waals surface area contributed by atoms with Crippen molar-refractivity contribution in [3.63, 3.8) is 0 Å². The largest absolute Gasteiger partial charge is 0.381 e. The zero-order valence-electron chi connectivity index (χ0n) is 11.5. The minimum atomic E-state index is 0.413. The standard InChI is InChI=1S/C18H19BrO/c19-18(17-10-11-20-13-17)16-8-6-15(7-9-16)12-14-4-2-1-3-5-14/h1-9,17-18H,10-13H2. The molecule has 0 amide bonds. The van der Waals surface area contributed by atoms with Gasteiger partial charge in [0.15, 0.2) is 0 Å². The van der Waals surface area contributed by atoms with Crippen LogP contribution in [0.15, 0.2) is 54.6 Å². The third-order valence-electron chi connectivity index (χ3n) is 3.93. The second-order valence-electron chi connectivity index (χ2n) is 5.43. The molecule has 2 unspecified atom stereocenters. The first-order valence-corrected chi connectivity index (χ1v) is 8.09. The van der Waals surface area contributed by atoms with Crippen molar-refractivity contribution in [3.8, 4) is 0 Å². The molecule has 2 aromatic rings. The Labute approximate surface area is 129 Å². The molecule has 0 radical (unpaired) electrons. The summed E-state index contributed by atoms with van der Waals surface area (Å²) in [6.45, 7) is 1.78. The molecule has 104 valence electrons. The molecule has 0 aliphatic carbocycles. The summed E-state index contributed by atoms with van der Waals surface area (Å²) in [6, 6.07) is 19.6. The highest BCUT2D eigenvalue weighted by molar-refractivity contribution is 9.09. The van der Waals surface area contributed by atoms with Crippen LogP contribution in [0.5, 0.6) is 0 Å². The maximum absolute atomic E-state index is 5.47. The average molecular weight is 331 g/mol. The third kappa shape index (κ3) is 3.31. The number of hydrogen-bond donors (Lipinski definition) is 0. The van der Waals surface area contributed by atoms with Gasteiger partial charge in [0.1, 0.15) is 0 Å². The smallest absolute Gasteiger partial charge is 0.0509 e. The molecule has 0 spiro atoms. The topological polar surface area (TPSA) is 9.23 Å². The van der Waals surface area contributed by atoms with Crippen molar-refractivity contribution in [1.29, 1.82) is 0 Å². The normalized spacial score (nSPS) is 19.9. The van der Waals surface area contributed by atoms with Crippen molar-refractivity contribution >= 4 is 15.9 Å². The van der Waals surface area contributed by atoms with E-state index in [9.17, 15) is 0 Å². The van der Waals surface area contributed by atoms with E-state index in [1.165, 1.54) is 16.7 Å². The number of hydrogen-bond acceptors (Lipinski definition) is 1. The molecule has 0 aromatic heterocycles. The van der Waals surface area contributed by atoms with Gasteiger partial charge in [0.2, 0.25) is 0 Å². The van der Waals surface area contributed by atoms with Crippen molar-refractivity contribution in [3.05, 3.63) is 71.3 Å². The van der Waals surface area contributed by atoms with E-state index in [0.29, 0.717) is 10.7 Å². The number of halogens is 1. The fourth-order valence-corrected chi connectivity index (χ4v) is 3.43. The molecule has 1 nitrogen and oxygen atoms in total. The summed E-state index contributed by atoms with van der Waals surface area (Å²) in [4.78, 5) is 0.413. The highest BCUT2D eigenvalue weighted by atomic mass is 79.9. The van der Waals surface area contributed by atoms with Gasteiger partial charge in [-0.25, -0.2) is 0 Å². The van der Waals surface area contributed by atoms with Gasteiger partial charge in [-0.2, -0.15) is 0 Å². The zero-order valence-corrected chi connectivity index (χ0v) is 13.1. The molecule has 1 aliphatic rings. The Bertz CT molecular complexity index is 529. The Hall–Kier alpha value is -1.12. The van der Waals surface area contributed by atoms with E-state index in [2.05, 4.69) is 70.5 Å². The molecule has 2 atom stereocenters. The van der Waals surface area contributed by atoms with Crippen LogP contribution < -0.4 is 0 Å². The summed E-state index contributed by atoms with van der Waals surface area (Å²) < 4.78 is 5.47. The Kier molecular flexibility index (Phi) is 4.54. The van der Waals surface area contributed by atoms with Crippen LogP contribution in [0, 0.1) is 5.92 Å². The predicted molar refractivity (Wildman–Crippen MR) is 86.3 cm³/mol. The fourth-order valence-electron chi connectivity index (χ4n) is 2.71.